The molecular formula is C15H12ClNO2S. The molecular weight excluding hydrogens is 294 g/mol. The molecule has 1 aromatic heterocycles. The Kier molecular flexibility index (Phi) is 3.59. The zero-order valence-corrected chi connectivity index (χ0v) is 12.1. The molecule has 3 rings (SSSR count). The minimum absolute atomic E-state index is 0.108. The normalized spacial score (nSPS) is 22.6. The number of imide groups is 1. The zero-order chi connectivity index (χ0) is 14.1. The van der Waals surface area contributed by atoms with Gasteiger partial charge in [0.05, 0.1) is 5.92 Å². The van der Waals surface area contributed by atoms with Crippen LogP contribution in [-0.4, -0.2) is 11.8 Å². The van der Waals surface area contributed by atoms with Crippen molar-refractivity contribution in [2.75, 3.05) is 0 Å². The van der Waals surface area contributed by atoms with Crippen LogP contribution in [0.1, 0.15) is 29.4 Å². The van der Waals surface area contributed by atoms with Crippen molar-refractivity contribution in [2.24, 2.45) is 0 Å². The molecule has 20 heavy (non-hydrogen) atoms. The van der Waals surface area contributed by atoms with Crippen molar-refractivity contribution in [3.63, 3.8) is 0 Å². The van der Waals surface area contributed by atoms with E-state index < -0.39 is 0 Å². The second-order valence-corrected chi connectivity index (χ2v) is 6.03. The van der Waals surface area contributed by atoms with Crippen LogP contribution >= 0.6 is 22.9 Å². The van der Waals surface area contributed by atoms with Crippen molar-refractivity contribution in [1.82, 2.24) is 5.32 Å². The SMILES string of the molecule is O=C1CC(c2ccsc2)C(c2ccc(Cl)cc2)C(=O)N1. The van der Waals surface area contributed by atoms with Gasteiger partial charge in [-0.25, -0.2) is 0 Å². The van der Waals surface area contributed by atoms with Crippen LogP contribution in [0.4, 0.5) is 0 Å². The molecule has 0 spiro atoms. The molecule has 1 aromatic carbocycles. The van der Waals surface area contributed by atoms with Crippen LogP contribution in [0.2, 0.25) is 5.02 Å². The highest BCUT2D eigenvalue weighted by molar-refractivity contribution is 7.08. The van der Waals surface area contributed by atoms with Gasteiger partial charge in [0.2, 0.25) is 11.8 Å². The van der Waals surface area contributed by atoms with Crippen LogP contribution < -0.4 is 5.32 Å². The van der Waals surface area contributed by atoms with Crippen LogP contribution in [0, 0.1) is 0 Å². The van der Waals surface area contributed by atoms with E-state index in [4.69, 9.17) is 11.6 Å². The fraction of sp³-hybridized carbons (Fsp3) is 0.200. The summed E-state index contributed by atoms with van der Waals surface area (Å²) in [5, 5.41) is 7.02. The van der Waals surface area contributed by atoms with Crippen molar-refractivity contribution >= 4 is 34.8 Å². The number of carbonyl (C=O) groups is 2. The Hall–Kier alpha value is -1.65. The number of thiophene rings is 1. The lowest BCUT2D eigenvalue weighted by atomic mass is 9.77. The lowest BCUT2D eigenvalue weighted by Crippen LogP contribution is -2.43. The Morgan fingerprint density at radius 1 is 1.10 bits per heavy atom. The minimum atomic E-state index is -0.348. The van der Waals surface area contributed by atoms with Gasteiger partial charge < -0.3 is 0 Å². The molecule has 2 heterocycles. The molecule has 1 aliphatic heterocycles. The first-order chi connectivity index (χ1) is 9.65. The third kappa shape index (κ3) is 2.49. The van der Waals surface area contributed by atoms with Crippen LogP contribution in [0.15, 0.2) is 41.1 Å². The number of halogens is 1. The van der Waals surface area contributed by atoms with E-state index in [-0.39, 0.29) is 23.7 Å². The Morgan fingerprint density at radius 2 is 1.85 bits per heavy atom. The second kappa shape index (κ2) is 5.38. The van der Waals surface area contributed by atoms with Gasteiger partial charge in [-0.2, -0.15) is 11.3 Å². The van der Waals surface area contributed by atoms with Crippen molar-refractivity contribution in [2.45, 2.75) is 18.3 Å². The number of amides is 2. The van der Waals surface area contributed by atoms with E-state index in [9.17, 15) is 9.59 Å². The Morgan fingerprint density at radius 3 is 2.50 bits per heavy atom. The Labute approximate surface area is 125 Å². The predicted octanol–water partition coefficient (Wildman–Crippen LogP) is 3.32. The summed E-state index contributed by atoms with van der Waals surface area (Å²) < 4.78 is 0. The summed E-state index contributed by atoms with van der Waals surface area (Å²) in [6, 6.07) is 9.21. The van der Waals surface area contributed by atoms with Crippen molar-refractivity contribution in [3.8, 4) is 0 Å². The van der Waals surface area contributed by atoms with E-state index in [0.717, 1.165) is 11.1 Å². The summed E-state index contributed by atoms with van der Waals surface area (Å²) in [6.07, 6.45) is 0.329. The number of carbonyl (C=O) groups excluding carboxylic acids is 2. The molecule has 0 aliphatic carbocycles. The maximum absolute atomic E-state index is 12.2. The monoisotopic (exact) mass is 305 g/mol. The first-order valence-corrected chi connectivity index (χ1v) is 7.58. The molecule has 0 bridgehead atoms. The molecule has 2 amide bonds. The van der Waals surface area contributed by atoms with Crippen molar-refractivity contribution in [1.29, 1.82) is 0 Å². The highest BCUT2D eigenvalue weighted by atomic mass is 35.5. The molecule has 1 aliphatic rings. The number of piperidine rings is 1. The predicted molar refractivity (Wildman–Crippen MR) is 79.0 cm³/mol. The highest BCUT2D eigenvalue weighted by Gasteiger charge is 2.37. The first kappa shape index (κ1) is 13.3. The summed E-state index contributed by atoms with van der Waals surface area (Å²) >= 11 is 7.46. The number of rotatable bonds is 2. The molecule has 1 fully saturated rings. The largest absolute Gasteiger partial charge is 0.296 e. The van der Waals surface area contributed by atoms with Crippen molar-refractivity contribution < 1.29 is 9.59 Å². The fourth-order valence-electron chi connectivity index (χ4n) is 2.62. The molecule has 2 aromatic rings. The molecule has 0 saturated carbocycles. The number of hydrogen-bond donors (Lipinski definition) is 1. The summed E-state index contributed by atoms with van der Waals surface area (Å²) in [7, 11) is 0. The van der Waals surface area contributed by atoms with Gasteiger partial charge in [-0.3, -0.25) is 14.9 Å². The highest BCUT2D eigenvalue weighted by Crippen LogP contribution is 2.39. The minimum Gasteiger partial charge on any atom is -0.296 e. The summed E-state index contributed by atoms with van der Waals surface area (Å²) in [5.74, 6) is -0.903. The van der Waals surface area contributed by atoms with Gasteiger partial charge in [-0.1, -0.05) is 23.7 Å². The summed E-state index contributed by atoms with van der Waals surface area (Å²) in [5.41, 5.74) is 1.92. The number of nitrogens with one attached hydrogen (secondary N) is 1. The molecule has 102 valence electrons. The van der Waals surface area contributed by atoms with Crippen LogP contribution in [0.3, 0.4) is 0 Å². The Bertz CT molecular complexity index is 636. The first-order valence-electron chi connectivity index (χ1n) is 6.26. The molecule has 2 atom stereocenters. The molecule has 1 saturated heterocycles. The standard InChI is InChI=1S/C15H12ClNO2S/c16-11-3-1-9(2-4-11)14-12(10-5-6-20-8-10)7-13(18)17-15(14)19/h1-6,8,12,14H,7H2,(H,17,18,19). The number of hydrogen-bond acceptors (Lipinski definition) is 3. The quantitative estimate of drug-likeness (QED) is 0.865. The van der Waals surface area contributed by atoms with Crippen LogP contribution in [0.5, 0.6) is 0 Å². The van der Waals surface area contributed by atoms with Crippen molar-refractivity contribution in [3.05, 3.63) is 57.2 Å². The van der Waals surface area contributed by atoms with Crippen LogP contribution in [-0.2, 0) is 9.59 Å². The third-order valence-corrected chi connectivity index (χ3v) is 4.51. The smallest absolute Gasteiger partial charge is 0.234 e. The molecule has 0 radical (unpaired) electrons. The molecule has 5 heteroatoms. The van der Waals surface area contributed by atoms with E-state index in [1.54, 1.807) is 23.5 Å². The van der Waals surface area contributed by atoms with Gasteiger partial charge in [0.15, 0.2) is 0 Å². The average molecular weight is 306 g/mol. The van der Waals surface area contributed by atoms with Gasteiger partial charge >= 0.3 is 0 Å². The van der Waals surface area contributed by atoms with Gasteiger partial charge in [-0.15, -0.1) is 0 Å². The maximum Gasteiger partial charge on any atom is 0.234 e. The van der Waals surface area contributed by atoms with E-state index in [2.05, 4.69) is 5.32 Å². The Balaban J connectivity index is 2.01. The van der Waals surface area contributed by atoms with Gasteiger partial charge in [-0.05, 0) is 40.1 Å². The fourth-order valence-corrected chi connectivity index (χ4v) is 3.47. The average Bonchev–Trinajstić information content (AvgIpc) is 2.93. The molecule has 1 N–H and O–H groups in total. The van der Waals surface area contributed by atoms with Gasteiger partial charge in [0.1, 0.15) is 0 Å². The molecule has 2 unspecified atom stereocenters. The number of benzene rings is 1. The van der Waals surface area contributed by atoms with Crippen LogP contribution in [0.25, 0.3) is 0 Å². The zero-order valence-electron chi connectivity index (χ0n) is 10.5. The second-order valence-electron chi connectivity index (χ2n) is 4.81. The van der Waals surface area contributed by atoms with E-state index in [1.165, 1.54) is 0 Å². The van der Waals surface area contributed by atoms with E-state index >= 15 is 0 Å². The van der Waals surface area contributed by atoms with E-state index in [1.807, 2.05) is 29.0 Å². The third-order valence-electron chi connectivity index (χ3n) is 3.55. The van der Waals surface area contributed by atoms with Gasteiger partial charge in [0.25, 0.3) is 0 Å². The summed E-state index contributed by atoms with van der Waals surface area (Å²) in [4.78, 5) is 23.9. The van der Waals surface area contributed by atoms with Gasteiger partial charge in [0, 0.05) is 17.4 Å². The maximum atomic E-state index is 12.2. The van der Waals surface area contributed by atoms with E-state index in [0.29, 0.717) is 11.4 Å². The summed E-state index contributed by atoms with van der Waals surface area (Å²) in [6.45, 7) is 0. The lowest BCUT2D eigenvalue weighted by molar-refractivity contribution is -0.135. The lowest BCUT2D eigenvalue weighted by Gasteiger charge is -2.30. The molecule has 3 nitrogen and oxygen atoms in total. The topological polar surface area (TPSA) is 46.2 Å².